The fourth-order valence-corrected chi connectivity index (χ4v) is 1.34. The van der Waals surface area contributed by atoms with Gasteiger partial charge < -0.3 is 20.4 Å². The molecule has 1 aromatic heterocycles. The van der Waals surface area contributed by atoms with E-state index in [1.165, 1.54) is 13.3 Å². The van der Waals surface area contributed by atoms with E-state index in [9.17, 15) is 0 Å². The van der Waals surface area contributed by atoms with Crippen molar-refractivity contribution < 1.29 is 26.3 Å². The minimum atomic E-state index is 0. The number of pyridine rings is 1. The molecule has 22 heavy (non-hydrogen) atoms. The van der Waals surface area contributed by atoms with Gasteiger partial charge in [0.1, 0.15) is 0 Å². The van der Waals surface area contributed by atoms with E-state index in [0.717, 1.165) is 0 Å². The first kappa shape index (κ1) is 20.0. The van der Waals surface area contributed by atoms with Crippen molar-refractivity contribution in [1.82, 2.24) is 4.98 Å². The molecule has 6 nitrogen and oxygen atoms in total. The van der Waals surface area contributed by atoms with Gasteiger partial charge in [-0.05, 0) is 24.3 Å². The Balaban J connectivity index is 0.000000529. The molecule has 4 N–H and O–H groups in total. The van der Waals surface area contributed by atoms with Crippen LogP contribution < -0.4 is 10.5 Å². The van der Waals surface area contributed by atoms with Crippen molar-refractivity contribution in [2.75, 3.05) is 7.11 Å². The Morgan fingerprint density at radius 3 is 2.45 bits per heavy atom. The number of para-hydroxylation sites is 1. The van der Waals surface area contributed by atoms with Gasteiger partial charge in [0.2, 0.25) is 5.75 Å². The molecule has 0 aliphatic rings. The molecule has 1 heterocycles. The molecule has 0 saturated carbocycles. The van der Waals surface area contributed by atoms with Gasteiger partial charge >= 0.3 is 22.2 Å². The zero-order valence-electron chi connectivity index (χ0n) is 11.8. The van der Waals surface area contributed by atoms with Crippen LogP contribution in [0.15, 0.2) is 53.9 Å². The number of thiol groups is 1. The summed E-state index contributed by atoms with van der Waals surface area (Å²) in [7, 11) is 1.51. The van der Waals surface area contributed by atoms with Gasteiger partial charge in [-0.3, -0.25) is 10.7 Å². The van der Waals surface area contributed by atoms with E-state index in [1.54, 1.807) is 30.6 Å². The number of rotatable bonds is 3. The molecule has 0 saturated heterocycles. The first-order valence-corrected chi connectivity index (χ1v) is 6.39. The standard InChI is InChI=1S/C9H11N3O2S.C5H5N.Ni/c1-14-7-4-2-3-6(8(7)13)5-11-12-9(10)15;1-2-4-6-5-3-1;/h2-5H,1H3,(H4,10,11,12,13,15);1-5H;/q;;+2/p+1. The zero-order valence-corrected chi connectivity index (χ0v) is 13.7. The molecule has 8 heteroatoms. The van der Waals surface area contributed by atoms with Crippen LogP contribution in [0.3, 0.4) is 0 Å². The van der Waals surface area contributed by atoms with Crippen molar-refractivity contribution in [3.8, 4) is 11.5 Å². The minimum absolute atomic E-state index is 0. The molecule has 0 aliphatic carbocycles. The number of hydrogen-bond donors (Lipinski definition) is 1. The quantitative estimate of drug-likeness (QED) is 0.222. The van der Waals surface area contributed by atoms with Gasteiger partial charge in [-0.1, -0.05) is 12.1 Å². The van der Waals surface area contributed by atoms with Crippen molar-refractivity contribution in [2.45, 2.75) is 0 Å². The molecule has 118 valence electrons. The summed E-state index contributed by atoms with van der Waals surface area (Å²) in [6.07, 6.45) is 4.92. The second-order valence-corrected chi connectivity index (χ2v) is 4.11. The molecular weight excluding hydrogens is 347 g/mol. The molecule has 1 aromatic carbocycles. The SMILES string of the molecule is COc1cccc(C=N[N-]C(N)=[SH+])c1[OH2+].[Ni+2].c1ccncc1. The van der Waals surface area contributed by atoms with E-state index in [1.807, 2.05) is 18.2 Å². The largest absolute Gasteiger partial charge is 2.00 e. The van der Waals surface area contributed by atoms with Gasteiger partial charge in [-0.25, -0.2) is 0 Å². The maximum Gasteiger partial charge on any atom is 2.00 e. The summed E-state index contributed by atoms with van der Waals surface area (Å²) in [5, 5.41) is 11.5. The van der Waals surface area contributed by atoms with E-state index >= 15 is 0 Å². The fourth-order valence-electron chi connectivity index (χ4n) is 1.29. The number of nitrogens with zero attached hydrogens (tertiary/aromatic N) is 3. The van der Waals surface area contributed by atoms with Crippen molar-refractivity contribution in [3.05, 3.63) is 59.8 Å². The zero-order chi connectivity index (χ0) is 15.5. The molecule has 0 radical (unpaired) electrons. The predicted octanol–water partition coefficient (Wildman–Crippen LogP) is 1.25. The Morgan fingerprint density at radius 2 is 2.00 bits per heavy atom. The van der Waals surface area contributed by atoms with Crippen LogP contribution >= 0.6 is 0 Å². The Kier molecular flexibility index (Phi) is 10.6. The van der Waals surface area contributed by atoms with Crippen LogP contribution in [0.1, 0.15) is 5.56 Å². The molecule has 0 spiro atoms. The van der Waals surface area contributed by atoms with E-state index in [0.29, 0.717) is 11.3 Å². The van der Waals surface area contributed by atoms with Gasteiger partial charge in [0.15, 0.2) is 17.3 Å². The van der Waals surface area contributed by atoms with E-state index in [2.05, 4.69) is 27.7 Å². The Hall–Kier alpha value is -2.02. The summed E-state index contributed by atoms with van der Waals surface area (Å²) in [6.45, 7) is 0. The van der Waals surface area contributed by atoms with Crippen molar-refractivity contribution in [2.24, 2.45) is 10.8 Å². The van der Waals surface area contributed by atoms with Crippen LogP contribution in [0.25, 0.3) is 5.43 Å². The topological polar surface area (TPSA) is 97.5 Å². The van der Waals surface area contributed by atoms with Crippen molar-refractivity contribution in [3.63, 3.8) is 0 Å². The van der Waals surface area contributed by atoms with Crippen LogP contribution in [0.4, 0.5) is 0 Å². The van der Waals surface area contributed by atoms with Gasteiger partial charge in [0, 0.05) is 18.6 Å². The third-order valence-corrected chi connectivity index (χ3v) is 2.29. The third kappa shape index (κ3) is 7.68. The normalized spacial score (nSPS) is 9.18. The third-order valence-electron chi connectivity index (χ3n) is 2.20. The maximum absolute atomic E-state index is 7.72. The number of hydrogen-bond acceptors (Lipinski definition) is 3. The molecule has 0 amide bonds. The summed E-state index contributed by atoms with van der Waals surface area (Å²) < 4.78 is 4.99. The summed E-state index contributed by atoms with van der Waals surface area (Å²) >= 11 is 3.75. The van der Waals surface area contributed by atoms with E-state index < -0.39 is 0 Å². The second kappa shape index (κ2) is 11.6. The van der Waals surface area contributed by atoms with Crippen LogP contribution in [0.5, 0.6) is 11.5 Å². The van der Waals surface area contributed by atoms with Crippen LogP contribution in [0.2, 0.25) is 0 Å². The second-order valence-electron chi connectivity index (χ2n) is 3.65. The Morgan fingerprint density at radius 1 is 1.32 bits per heavy atom. The van der Waals surface area contributed by atoms with E-state index in [-0.39, 0.29) is 27.4 Å². The molecule has 0 fully saturated rings. The monoisotopic (exact) mass is 363 g/mol. The average Bonchev–Trinajstić information content (AvgIpc) is 2.51. The molecular formula is C14H17N4NiO2S+3. The number of methoxy groups -OCH3 is 1. The summed E-state index contributed by atoms with van der Waals surface area (Å²) in [6, 6.07) is 10.9. The number of benzene rings is 1. The Bertz CT molecular complexity index is 570. The summed E-state index contributed by atoms with van der Waals surface area (Å²) in [5.41, 5.74) is 9.30. The Labute approximate surface area is 144 Å². The molecule has 2 rings (SSSR count). The minimum Gasteiger partial charge on any atom is -0.590 e. The maximum atomic E-state index is 7.72. The van der Waals surface area contributed by atoms with Crippen LogP contribution in [-0.2, 0) is 28.7 Å². The van der Waals surface area contributed by atoms with E-state index in [4.69, 9.17) is 15.6 Å². The van der Waals surface area contributed by atoms with Gasteiger partial charge in [-0.15, -0.1) is 0 Å². The molecule has 0 atom stereocenters. The summed E-state index contributed by atoms with van der Waals surface area (Å²) in [5.74, 6) is 0.749. The average molecular weight is 364 g/mol. The number of aromatic nitrogens is 1. The smallest absolute Gasteiger partial charge is 0.590 e. The van der Waals surface area contributed by atoms with Crippen LogP contribution in [0, 0.1) is 0 Å². The molecule has 0 unspecified atom stereocenters. The van der Waals surface area contributed by atoms with Gasteiger partial charge in [0.05, 0.1) is 12.7 Å². The summed E-state index contributed by atoms with van der Waals surface area (Å²) in [4.78, 5) is 3.78. The van der Waals surface area contributed by atoms with Crippen molar-refractivity contribution in [1.29, 1.82) is 0 Å². The first-order chi connectivity index (χ1) is 10.1. The van der Waals surface area contributed by atoms with Crippen LogP contribution in [-0.4, -0.2) is 28.5 Å². The fraction of sp³-hybridized carbons (Fsp3) is 0.0714. The molecule has 0 bridgehead atoms. The van der Waals surface area contributed by atoms with Gasteiger partial charge in [-0.2, -0.15) is 0 Å². The molecule has 0 aliphatic heterocycles. The van der Waals surface area contributed by atoms with Crippen molar-refractivity contribution >= 4 is 23.5 Å². The predicted molar refractivity (Wildman–Crippen MR) is 89.2 cm³/mol. The van der Waals surface area contributed by atoms with Gasteiger partial charge in [0.25, 0.3) is 0 Å². The number of ether oxygens (including phenoxy) is 1. The number of nitrogens with two attached hydrogens (primary N) is 1. The first-order valence-electron chi connectivity index (χ1n) is 5.94. The molecule has 2 aromatic rings.